The van der Waals surface area contributed by atoms with E-state index < -0.39 is 5.60 Å². The van der Waals surface area contributed by atoms with E-state index in [1.54, 1.807) is 4.90 Å². The topological polar surface area (TPSA) is 57.3 Å². The first-order valence-electron chi connectivity index (χ1n) is 11.3. The fourth-order valence-electron chi connectivity index (χ4n) is 4.35. The van der Waals surface area contributed by atoms with Crippen LogP contribution >= 0.6 is 0 Å². The highest BCUT2D eigenvalue weighted by Crippen LogP contribution is 2.45. The molecule has 2 heterocycles. The first-order chi connectivity index (χ1) is 14.3. The van der Waals surface area contributed by atoms with Crippen molar-refractivity contribution in [3.63, 3.8) is 0 Å². The Morgan fingerprint density at radius 1 is 1.13 bits per heavy atom. The summed E-state index contributed by atoms with van der Waals surface area (Å²) in [6.45, 7) is 13.5. The van der Waals surface area contributed by atoms with Gasteiger partial charge in [-0.2, -0.15) is 0 Å². The normalized spacial score (nSPS) is 21.6. The van der Waals surface area contributed by atoms with Gasteiger partial charge in [-0.05, 0) is 45.7 Å². The molecule has 0 radical (unpaired) electrons. The van der Waals surface area contributed by atoms with Gasteiger partial charge < -0.3 is 24.6 Å². The molecule has 1 amide bonds. The number of benzene rings is 1. The van der Waals surface area contributed by atoms with Crippen molar-refractivity contribution in [2.45, 2.75) is 44.8 Å². The Bertz CT molecular complexity index is 736. The summed E-state index contributed by atoms with van der Waals surface area (Å²) >= 11 is 0. The molecule has 7 nitrogen and oxygen atoms in total. The standard InChI is InChI=1S/C23H36N4O3/c1-22(2,3)30-21(28)26-13-11-25(12-14-26)15-16-29-20-6-4-5-19(17-20)27-10-9-24-18-23(27)7-8-23/h4-6,17,24H,7-16,18H2,1-3H3. The van der Waals surface area contributed by atoms with Crippen LogP contribution in [0.1, 0.15) is 33.6 Å². The Balaban J connectivity index is 1.22. The molecule has 0 unspecified atom stereocenters. The van der Waals surface area contributed by atoms with E-state index in [0.717, 1.165) is 45.0 Å². The Hall–Kier alpha value is -1.99. The molecule has 3 aliphatic rings. The third kappa shape index (κ3) is 5.19. The lowest BCUT2D eigenvalue weighted by atomic mass is 10.1. The van der Waals surface area contributed by atoms with E-state index in [1.165, 1.54) is 18.5 Å². The average molecular weight is 417 g/mol. The highest BCUT2D eigenvalue weighted by Gasteiger charge is 2.49. The summed E-state index contributed by atoms with van der Waals surface area (Å²) in [7, 11) is 0. The third-order valence-electron chi connectivity index (χ3n) is 6.20. The minimum Gasteiger partial charge on any atom is -0.492 e. The largest absolute Gasteiger partial charge is 0.492 e. The molecule has 3 fully saturated rings. The van der Waals surface area contributed by atoms with Crippen molar-refractivity contribution in [2.24, 2.45) is 0 Å². The first kappa shape index (κ1) is 21.2. The Morgan fingerprint density at radius 3 is 2.60 bits per heavy atom. The van der Waals surface area contributed by atoms with E-state index in [-0.39, 0.29) is 6.09 Å². The lowest BCUT2D eigenvalue weighted by Crippen LogP contribution is -2.53. The molecule has 1 saturated carbocycles. The van der Waals surface area contributed by atoms with Crippen LogP contribution in [0.3, 0.4) is 0 Å². The maximum Gasteiger partial charge on any atom is 0.410 e. The molecule has 2 aliphatic heterocycles. The number of rotatable bonds is 5. The minimum atomic E-state index is -0.444. The fourth-order valence-corrected chi connectivity index (χ4v) is 4.35. The van der Waals surface area contributed by atoms with Crippen LogP contribution in [-0.2, 0) is 4.74 Å². The average Bonchev–Trinajstić information content (AvgIpc) is 3.47. The summed E-state index contributed by atoms with van der Waals surface area (Å²) in [6.07, 6.45) is 2.34. The van der Waals surface area contributed by atoms with E-state index in [2.05, 4.69) is 33.3 Å². The van der Waals surface area contributed by atoms with Gasteiger partial charge in [0, 0.05) is 64.1 Å². The van der Waals surface area contributed by atoms with E-state index in [4.69, 9.17) is 9.47 Å². The van der Waals surface area contributed by atoms with E-state index >= 15 is 0 Å². The summed E-state index contributed by atoms with van der Waals surface area (Å²) in [4.78, 5) is 18.9. The van der Waals surface area contributed by atoms with Gasteiger partial charge in [0.1, 0.15) is 18.0 Å². The summed E-state index contributed by atoms with van der Waals surface area (Å²) in [5.74, 6) is 0.939. The van der Waals surface area contributed by atoms with Crippen LogP contribution in [0, 0.1) is 0 Å². The smallest absolute Gasteiger partial charge is 0.410 e. The maximum atomic E-state index is 12.2. The molecule has 30 heavy (non-hydrogen) atoms. The van der Waals surface area contributed by atoms with Crippen LogP contribution in [0.2, 0.25) is 0 Å². The van der Waals surface area contributed by atoms with Crippen molar-refractivity contribution >= 4 is 11.8 Å². The number of amides is 1. The van der Waals surface area contributed by atoms with Gasteiger partial charge >= 0.3 is 6.09 Å². The first-order valence-corrected chi connectivity index (χ1v) is 11.3. The van der Waals surface area contributed by atoms with Gasteiger partial charge in [0.15, 0.2) is 0 Å². The number of hydrogen-bond donors (Lipinski definition) is 1. The zero-order valence-electron chi connectivity index (χ0n) is 18.7. The van der Waals surface area contributed by atoms with Crippen LogP contribution in [-0.4, -0.2) is 86.0 Å². The van der Waals surface area contributed by atoms with Crippen LogP contribution in [0.25, 0.3) is 0 Å². The van der Waals surface area contributed by atoms with Crippen molar-refractivity contribution in [3.8, 4) is 5.75 Å². The van der Waals surface area contributed by atoms with Crippen LogP contribution in [0.15, 0.2) is 24.3 Å². The molecule has 166 valence electrons. The molecule has 0 aromatic heterocycles. The molecule has 7 heteroatoms. The van der Waals surface area contributed by atoms with Crippen molar-refractivity contribution in [2.75, 3.05) is 63.9 Å². The summed E-state index contributed by atoms with van der Waals surface area (Å²) < 4.78 is 11.5. The lowest BCUT2D eigenvalue weighted by Gasteiger charge is -2.38. The van der Waals surface area contributed by atoms with E-state index in [9.17, 15) is 4.79 Å². The van der Waals surface area contributed by atoms with Gasteiger partial charge in [0.25, 0.3) is 0 Å². The van der Waals surface area contributed by atoms with Crippen molar-refractivity contribution < 1.29 is 14.3 Å². The molecule has 0 bridgehead atoms. The van der Waals surface area contributed by atoms with E-state index in [0.29, 0.717) is 25.2 Å². The number of hydrogen-bond acceptors (Lipinski definition) is 6. The van der Waals surface area contributed by atoms with Crippen LogP contribution < -0.4 is 15.0 Å². The Morgan fingerprint density at radius 2 is 1.90 bits per heavy atom. The van der Waals surface area contributed by atoms with Gasteiger partial charge in [-0.1, -0.05) is 6.07 Å². The summed E-state index contributed by atoms with van der Waals surface area (Å²) in [6, 6.07) is 8.54. The molecule has 1 spiro atoms. The number of ether oxygens (including phenoxy) is 2. The zero-order valence-corrected chi connectivity index (χ0v) is 18.7. The van der Waals surface area contributed by atoms with Crippen LogP contribution in [0.5, 0.6) is 5.75 Å². The maximum absolute atomic E-state index is 12.2. The molecule has 1 aliphatic carbocycles. The number of piperazine rings is 2. The molecule has 1 aromatic rings. The Kier molecular flexibility index (Phi) is 6.11. The SMILES string of the molecule is CC(C)(C)OC(=O)N1CCN(CCOc2cccc(N3CCNCC34CC4)c2)CC1. The van der Waals surface area contributed by atoms with Crippen LogP contribution in [0.4, 0.5) is 10.5 Å². The number of nitrogens with one attached hydrogen (secondary N) is 1. The highest BCUT2D eigenvalue weighted by atomic mass is 16.6. The van der Waals surface area contributed by atoms with E-state index in [1.807, 2.05) is 26.8 Å². The number of carbonyl (C=O) groups is 1. The molecular formula is C23H36N4O3. The molecule has 1 N–H and O–H groups in total. The summed E-state index contributed by atoms with van der Waals surface area (Å²) in [5.41, 5.74) is 1.17. The zero-order chi connectivity index (χ0) is 21.2. The highest BCUT2D eigenvalue weighted by molar-refractivity contribution is 5.68. The number of carbonyl (C=O) groups excluding carboxylic acids is 1. The van der Waals surface area contributed by atoms with Crippen molar-refractivity contribution in [1.82, 2.24) is 15.1 Å². The number of anilines is 1. The monoisotopic (exact) mass is 416 g/mol. The minimum absolute atomic E-state index is 0.212. The predicted molar refractivity (Wildman–Crippen MR) is 118 cm³/mol. The van der Waals surface area contributed by atoms with Gasteiger partial charge in [-0.3, -0.25) is 4.90 Å². The number of nitrogens with zero attached hydrogens (tertiary/aromatic N) is 3. The second-order valence-corrected chi connectivity index (χ2v) is 9.71. The molecular weight excluding hydrogens is 380 g/mol. The van der Waals surface area contributed by atoms with Gasteiger partial charge in [-0.15, -0.1) is 0 Å². The quantitative estimate of drug-likeness (QED) is 0.796. The summed E-state index contributed by atoms with van der Waals surface area (Å²) in [5, 5.41) is 3.53. The molecule has 0 atom stereocenters. The third-order valence-corrected chi connectivity index (χ3v) is 6.20. The Labute approximate surface area is 180 Å². The van der Waals surface area contributed by atoms with Gasteiger partial charge in [-0.25, -0.2) is 4.79 Å². The second-order valence-electron chi connectivity index (χ2n) is 9.71. The van der Waals surface area contributed by atoms with Gasteiger partial charge in [0.05, 0.1) is 5.54 Å². The molecule has 2 saturated heterocycles. The van der Waals surface area contributed by atoms with Crippen molar-refractivity contribution in [1.29, 1.82) is 0 Å². The van der Waals surface area contributed by atoms with Gasteiger partial charge in [0.2, 0.25) is 0 Å². The van der Waals surface area contributed by atoms with Crippen molar-refractivity contribution in [3.05, 3.63) is 24.3 Å². The fraction of sp³-hybridized carbons (Fsp3) is 0.696. The molecule has 4 rings (SSSR count). The molecule has 1 aromatic carbocycles. The second kappa shape index (κ2) is 8.63. The lowest BCUT2D eigenvalue weighted by molar-refractivity contribution is 0.0137. The predicted octanol–water partition coefficient (Wildman–Crippen LogP) is 2.56.